The molecule has 4 rings (SSSR count). The highest BCUT2D eigenvalue weighted by Gasteiger charge is 2.42. The zero-order valence-corrected chi connectivity index (χ0v) is 13.6. The Bertz CT molecular complexity index is 663. The molecule has 4 atom stereocenters. The molecule has 2 aliphatic carbocycles. The normalized spacial score (nSPS) is 31.3. The van der Waals surface area contributed by atoms with Crippen molar-refractivity contribution >= 4 is 10.9 Å². The molecule has 2 aliphatic rings. The molecule has 2 unspecified atom stereocenters. The third-order valence-electron chi connectivity index (χ3n) is 5.97. The van der Waals surface area contributed by atoms with Crippen molar-refractivity contribution in [2.45, 2.75) is 44.4 Å². The minimum Gasteiger partial charge on any atom is -0.393 e. The van der Waals surface area contributed by atoms with Crippen LogP contribution in [-0.2, 0) is 13.6 Å². The molecule has 1 aromatic carbocycles. The van der Waals surface area contributed by atoms with Crippen LogP contribution in [0.3, 0.4) is 0 Å². The molecule has 2 fully saturated rings. The molecule has 1 aromatic heterocycles. The fraction of sp³-hybridized carbons (Fsp3) is 0.579. The first-order chi connectivity index (χ1) is 10.6. The van der Waals surface area contributed by atoms with E-state index in [1.807, 2.05) is 0 Å². The third kappa shape index (κ3) is 2.46. The number of aryl methyl sites for hydroxylation is 1. The molecular weight excluding hydrogens is 272 g/mol. The molecular formula is C19H26N2O. The van der Waals surface area contributed by atoms with E-state index >= 15 is 0 Å². The molecule has 0 saturated heterocycles. The summed E-state index contributed by atoms with van der Waals surface area (Å²) in [6.45, 7) is 1.03. The van der Waals surface area contributed by atoms with E-state index in [-0.39, 0.29) is 6.10 Å². The molecule has 3 nitrogen and oxygen atoms in total. The smallest absolute Gasteiger partial charge is 0.0545 e. The maximum absolute atomic E-state index is 9.78. The lowest BCUT2D eigenvalue weighted by Crippen LogP contribution is -2.29. The number of benzene rings is 1. The fourth-order valence-electron chi connectivity index (χ4n) is 4.76. The Morgan fingerprint density at radius 1 is 1.14 bits per heavy atom. The number of aromatic nitrogens is 1. The standard InChI is InChI=1S/C19H26N2O/c1-20-6-5-14-7-13(3-4-19(14)20)12-21(2)17-8-15-10-18(22)11-16(15)9-17/h3-7,15-18,22H,8-12H2,1-2H3/t15-,16+,17?,18?. The Balaban J connectivity index is 1.44. The quantitative estimate of drug-likeness (QED) is 0.943. The number of rotatable bonds is 3. The van der Waals surface area contributed by atoms with Crippen LogP contribution >= 0.6 is 0 Å². The number of aliphatic hydroxyl groups is 1. The van der Waals surface area contributed by atoms with E-state index in [1.54, 1.807) is 0 Å². The van der Waals surface area contributed by atoms with E-state index in [0.29, 0.717) is 6.04 Å². The molecule has 22 heavy (non-hydrogen) atoms. The number of nitrogens with zero attached hydrogens (tertiary/aromatic N) is 2. The van der Waals surface area contributed by atoms with Crippen LogP contribution in [-0.4, -0.2) is 33.8 Å². The molecule has 0 bridgehead atoms. The van der Waals surface area contributed by atoms with Gasteiger partial charge in [0.15, 0.2) is 0 Å². The highest BCUT2D eigenvalue weighted by molar-refractivity contribution is 5.80. The van der Waals surface area contributed by atoms with Crippen molar-refractivity contribution in [1.82, 2.24) is 9.47 Å². The average molecular weight is 298 g/mol. The summed E-state index contributed by atoms with van der Waals surface area (Å²) in [6, 6.07) is 9.70. The lowest BCUT2D eigenvalue weighted by Gasteiger charge is -2.25. The lowest BCUT2D eigenvalue weighted by atomic mass is 10.0. The molecule has 3 heteroatoms. The molecule has 118 valence electrons. The van der Waals surface area contributed by atoms with Gasteiger partial charge in [-0.3, -0.25) is 4.90 Å². The van der Waals surface area contributed by atoms with Gasteiger partial charge in [0.25, 0.3) is 0 Å². The first-order valence-corrected chi connectivity index (χ1v) is 8.52. The second-order valence-electron chi connectivity index (χ2n) is 7.51. The van der Waals surface area contributed by atoms with Gasteiger partial charge in [-0.1, -0.05) is 6.07 Å². The summed E-state index contributed by atoms with van der Waals surface area (Å²) < 4.78 is 2.17. The Kier molecular flexibility index (Phi) is 3.50. The second kappa shape index (κ2) is 5.39. The van der Waals surface area contributed by atoms with Crippen molar-refractivity contribution in [2.75, 3.05) is 7.05 Å². The van der Waals surface area contributed by atoms with Gasteiger partial charge in [-0.05, 0) is 73.7 Å². The van der Waals surface area contributed by atoms with Gasteiger partial charge < -0.3 is 9.67 Å². The highest BCUT2D eigenvalue weighted by atomic mass is 16.3. The topological polar surface area (TPSA) is 28.4 Å². The third-order valence-corrected chi connectivity index (χ3v) is 5.97. The Labute approximate surface area is 132 Å². The molecule has 0 aliphatic heterocycles. The minimum atomic E-state index is -0.0262. The lowest BCUT2D eigenvalue weighted by molar-refractivity contribution is 0.158. The monoisotopic (exact) mass is 298 g/mol. The van der Waals surface area contributed by atoms with Gasteiger partial charge in [0.05, 0.1) is 6.10 Å². The van der Waals surface area contributed by atoms with Crippen molar-refractivity contribution in [1.29, 1.82) is 0 Å². The Hall–Kier alpha value is -1.32. The van der Waals surface area contributed by atoms with Crippen molar-refractivity contribution in [3.8, 4) is 0 Å². The van der Waals surface area contributed by atoms with Gasteiger partial charge in [0.2, 0.25) is 0 Å². The van der Waals surface area contributed by atoms with Crippen LogP contribution < -0.4 is 0 Å². The summed E-state index contributed by atoms with van der Waals surface area (Å²) >= 11 is 0. The highest BCUT2D eigenvalue weighted by Crippen LogP contribution is 2.45. The molecule has 1 N–H and O–H groups in total. The summed E-state index contributed by atoms with van der Waals surface area (Å²) in [5.74, 6) is 1.53. The first-order valence-electron chi connectivity index (χ1n) is 8.52. The van der Waals surface area contributed by atoms with Crippen molar-refractivity contribution in [3.05, 3.63) is 36.0 Å². The van der Waals surface area contributed by atoms with Crippen LogP contribution in [0.25, 0.3) is 10.9 Å². The van der Waals surface area contributed by atoms with E-state index in [0.717, 1.165) is 31.2 Å². The number of hydrogen-bond acceptors (Lipinski definition) is 2. The molecule has 2 aromatic rings. The van der Waals surface area contributed by atoms with E-state index in [9.17, 15) is 5.11 Å². The number of fused-ring (bicyclic) bond motifs is 2. The zero-order valence-electron chi connectivity index (χ0n) is 13.6. The maximum Gasteiger partial charge on any atom is 0.0545 e. The van der Waals surface area contributed by atoms with Gasteiger partial charge in [-0.15, -0.1) is 0 Å². The van der Waals surface area contributed by atoms with Gasteiger partial charge >= 0.3 is 0 Å². The predicted molar refractivity (Wildman–Crippen MR) is 89.6 cm³/mol. The van der Waals surface area contributed by atoms with Crippen molar-refractivity contribution in [3.63, 3.8) is 0 Å². The van der Waals surface area contributed by atoms with Gasteiger partial charge in [-0.25, -0.2) is 0 Å². The summed E-state index contributed by atoms with van der Waals surface area (Å²) in [5, 5.41) is 11.1. The largest absolute Gasteiger partial charge is 0.393 e. The summed E-state index contributed by atoms with van der Waals surface area (Å²) in [7, 11) is 4.36. The van der Waals surface area contributed by atoms with E-state index in [2.05, 4.69) is 54.0 Å². The van der Waals surface area contributed by atoms with Crippen LogP contribution in [0.4, 0.5) is 0 Å². The first kappa shape index (κ1) is 14.3. The van der Waals surface area contributed by atoms with Crippen LogP contribution in [0.2, 0.25) is 0 Å². The molecule has 0 amide bonds. The Morgan fingerprint density at radius 3 is 2.59 bits per heavy atom. The van der Waals surface area contributed by atoms with Crippen LogP contribution in [0.1, 0.15) is 31.2 Å². The van der Waals surface area contributed by atoms with Crippen LogP contribution in [0, 0.1) is 11.8 Å². The van der Waals surface area contributed by atoms with E-state index < -0.39 is 0 Å². The maximum atomic E-state index is 9.78. The van der Waals surface area contributed by atoms with E-state index in [1.165, 1.54) is 29.3 Å². The molecule has 1 heterocycles. The average Bonchev–Trinajstić information content (AvgIpc) is 3.12. The number of hydrogen-bond donors (Lipinski definition) is 1. The molecule has 0 spiro atoms. The zero-order chi connectivity index (χ0) is 15.3. The number of aliphatic hydroxyl groups excluding tert-OH is 1. The molecule has 2 saturated carbocycles. The van der Waals surface area contributed by atoms with E-state index in [4.69, 9.17) is 0 Å². The summed E-state index contributed by atoms with van der Waals surface area (Å²) in [6.07, 6.45) is 6.71. The second-order valence-corrected chi connectivity index (χ2v) is 7.51. The predicted octanol–water partition coefficient (Wildman–Crippen LogP) is 3.16. The van der Waals surface area contributed by atoms with Crippen LogP contribution in [0.15, 0.2) is 30.5 Å². The van der Waals surface area contributed by atoms with Crippen molar-refractivity contribution in [2.24, 2.45) is 18.9 Å². The van der Waals surface area contributed by atoms with Gasteiger partial charge in [0.1, 0.15) is 0 Å². The summed E-state index contributed by atoms with van der Waals surface area (Å²) in [5.41, 5.74) is 2.70. The fourth-order valence-corrected chi connectivity index (χ4v) is 4.76. The van der Waals surface area contributed by atoms with Crippen molar-refractivity contribution < 1.29 is 5.11 Å². The van der Waals surface area contributed by atoms with Gasteiger partial charge in [0, 0.05) is 31.3 Å². The van der Waals surface area contributed by atoms with Crippen LogP contribution in [0.5, 0.6) is 0 Å². The minimum absolute atomic E-state index is 0.0262. The summed E-state index contributed by atoms with van der Waals surface area (Å²) in [4.78, 5) is 2.52. The molecule has 0 radical (unpaired) electrons. The SMILES string of the molecule is CN(Cc1ccc2c(ccn2C)c1)C1C[C@H]2CC(O)C[C@H]2C1. The van der Waals surface area contributed by atoms with Gasteiger partial charge in [-0.2, -0.15) is 0 Å². The Morgan fingerprint density at radius 2 is 1.86 bits per heavy atom.